The van der Waals surface area contributed by atoms with Crippen LogP contribution in [0.25, 0.3) is 0 Å². The van der Waals surface area contributed by atoms with Crippen molar-refractivity contribution >= 4 is 12.3 Å². The second-order valence-electron chi connectivity index (χ2n) is 9.06. The van der Waals surface area contributed by atoms with E-state index in [1.54, 1.807) is 7.11 Å². The van der Waals surface area contributed by atoms with Gasteiger partial charge in [-0.15, -0.1) is 0 Å². The van der Waals surface area contributed by atoms with Gasteiger partial charge in [-0.1, -0.05) is 0 Å². The highest BCUT2D eigenvalue weighted by Gasteiger charge is 2.43. The molecule has 1 heterocycles. The van der Waals surface area contributed by atoms with E-state index in [9.17, 15) is 4.79 Å². The smallest absolute Gasteiger partial charge is 0.410 e. The molecule has 1 aromatic carbocycles. The lowest BCUT2D eigenvalue weighted by Crippen LogP contribution is -2.42. The van der Waals surface area contributed by atoms with E-state index in [4.69, 9.17) is 9.47 Å². The van der Waals surface area contributed by atoms with E-state index in [1.165, 1.54) is 12.8 Å². The summed E-state index contributed by atoms with van der Waals surface area (Å²) in [5, 5.41) is 0. The predicted octanol–water partition coefficient (Wildman–Crippen LogP) is 4.79. The quantitative estimate of drug-likeness (QED) is 0.661. The lowest BCUT2D eigenvalue weighted by Gasteiger charge is -2.33. The van der Waals surface area contributed by atoms with Crippen LogP contribution < -0.4 is 4.74 Å². The van der Waals surface area contributed by atoms with Gasteiger partial charge in [-0.25, -0.2) is 4.79 Å². The van der Waals surface area contributed by atoms with Crippen LogP contribution in [0.1, 0.15) is 52.0 Å². The second-order valence-corrected chi connectivity index (χ2v) is 9.06. The van der Waals surface area contributed by atoms with E-state index in [0.717, 1.165) is 61.5 Å². The van der Waals surface area contributed by atoms with Crippen molar-refractivity contribution in [1.82, 2.24) is 4.90 Å². The van der Waals surface area contributed by atoms with Crippen LogP contribution in [0.5, 0.6) is 5.75 Å². The van der Waals surface area contributed by atoms with Crippen LogP contribution in [-0.4, -0.2) is 49.6 Å². The van der Waals surface area contributed by atoms with Crippen LogP contribution in [0.2, 0.25) is 0 Å². The van der Waals surface area contributed by atoms with Gasteiger partial charge in [0, 0.05) is 25.8 Å². The van der Waals surface area contributed by atoms with Gasteiger partial charge < -0.3 is 14.4 Å². The van der Waals surface area contributed by atoms with Crippen LogP contribution in [-0.2, 0) is 4.74 Å². The molecule has 1 amide bonds. The monoisotopic (exact) mass is 386 g/mol. The van der Waals surface area contributed by atoms with Gasteiger partial charge in [0.15, 0.2) is 0 Å². The lowest BCUT2D eigenvalue weighted by atomic mass is 9.90. The molecule has 0 bridgehead atoms. The Morgan fingerprint density at radius 3 is 2.50 bits per heavy atom. The van der Waals surface area contributed by atoms with Crippen molar-refractivity contribution < 1.29 is 14.3 Å². The fraction of sp³-hybridized carbons (Fsp3) is 0.652. The lowest BCUT2D eigenvalue weighted by molar-refractivity contribution is 0.0174. The highest BCUT2D eigenvalue weighted by Crippen LogP contribution is 2.49. The van der Waals surface area contributed by atoms with Crippen molar-refractivity contribution in [2.24, 2.45) is 22.7 Å². The minimum atomic E-state index is -0.415. The number of amides is 1. The van der Waals surface area contributed by atoms with Crippen LogP contribution in [0.4, 0.5) is 4.79 Å². The van der Waals surface area contributed by atoms with Crippen LogP contribution in [0.15, 0.2) is 29.3 Å². The van der Waals surface area contributed by atoms with Crippen molar-refractivity contribution in [3.63, 3.8) is 0 Å². The number of aliphatic imine (C=N–C) groups is 1. The van der Waals surface area contributed by atoms with Gasteiger partial charge in [0.2, 0.25) is 0 Å². The van der Waals surface area contributed by atoms with Gasteiger partial charge in [-0.3, -0.25) is 4.99 Å². The van der Waals surface area contributed by atoms with Gasteiger partial charge >= 0.3 is 6.09 Å². The number of methoxy groups -OCH3 is 1. The topological polar surface area (TPSA) is 51.1 Å². The normalized spacial score (nSPS) is 23.1. The molecule has 1 aliphatic heterocycles. The second kappa shape index (κ2) is 8.97. The molecular weight excluding hydrogens is 352 g/mol. The van der Waals surface area contributed by atoms with Crippen molar-refractivity contribution in [3.05, 3.63) is 29.8 Å². The van der Waals surface area contributed by atoms with E-state index >= 15 is 0 Å². The Morgan fingerprint density at radius 1 is 1.21 bits per heavy atom. The number of piperidine rings is 1. The summed E-state index contributed by atoms with van der Waals surface area (Å²) in [4.78, 5) is 18.6. The summed E-state index contributed by atoms with van der Waals surface area (Å²) >= 11 is 0. The van der Waals surface area contributed by atoms with Crippen LogP contribution in [0.3, 0.4) is 0 Å². The molecule has 5 nitrogen and oxygen atoms in total. The number of benzene rings is 1. The van der Waals surface area contributed by atoms with Gasteiger partial charge in [0.1, 0.15) is 11.4 Å². The molecule has 1 saturated heterocycles. The molecule has 0 N–H and O–H groups in total. The van der Waals surface area contributed by atoms with E-state index in [2.05, 4.69) is 4.99 Å². The van der Waals surface area contributed by atoms with Crippen molar-refractivity contribution in [2.45, 2.75) is 52.1 Å². The Hall–Kier alpha value is -2.04. The average molecular weight is 387 g/mol. The largest absolute Gasteiger partial charge is 0.497 e. The van der Waals surface area contributed by atoms with Gasteiger partial charge in [0.05, 0.1) is 7.11 Å². The highest BCUT2D eigenvalue weighted by molar-refractivity contribution is 5.79. The number of rotatable bonds is 6. The molecule has 1 aliphatic carbocycles. The minimum Gasteiger partial charge on any atom is -0.497 e. The number of carbonyl (C=O) groups excluding carboxylic acids is 1. The maximum absolute atomic E-state index is 12.2. The fourth-order valence-electron chi connectivity index (χ4n) is 4.12. The number of hydrogen-bond acceptors (Lipinski definition) is 4. The van der Waals surface area contributed by atoms with Crippen molar-refractivity contribution in [3.8, 4) is 5.75 Å². The third-order valence-electron chi connectivity index (χ3n) is 5.76. The first-order valence-electron chi connectivity index (χ1n) is 10.5. The zero-order valence-corrected chi connectivity index (χ0v) is 17.7. The molecule has 3 rings (SSSR count). The first-order chi connectivity index (χ1) is 13.4. The van der Waals surface area contributed by atoms with Crippen molar-refractivity contribution in [2.75, 3.05) is 26.7 Å². The predicted molar refractivity (Wildman–Crippen MR) is 112 cm³/mol. The molecule has 2 fully saturated rings. The summed E-state index contributed by atoms with van der Waals surface area (Å²) in [6, 6.07) is 7.98. The first-order valence-corrected chi connectivity index (χ1v) is 10.5. The Balaban J connectivity index is 1.34. The Morgan fingerprint density at radius 2 is 1.89 bits per heavy atom. The summed E-state index contributed by atoms with van der Waals surface area (Å²) in [5.41, 5.74) is 0.699. The highest BCUT2D eigenvalue weighted by atomic mass is 16.6. The molecule has 5 heteroatoms. The number of ether oxygens (including phenoxy) is 2. The molecule has 1 aromatic rings. The zero-order chi connectivity index (χ0) is 20.1. The van der Waals surface area contributed by atoms with E-state index in [1.807, 2.05) is 56.2 Å². The fourth-order valence-corrected chi connectivity index (χ4v) is 4.12. The standard InChI is InChI=1S/C23H34N2O3/c1-23(2,3)28-22(26)25-13-10-18(11-14-25)21-15-19(21)9-12-24-16-17-5-7-20(27-4)8-6-17/h5-8,16,18-19,21H,9-15H2,1-4H3. The van der Waals surface area contributed by atoms with E-state index < -0.39 is 5.60 Å². The summed E-state index contributed by atoms with van der Waals surface area (Å²) < 4.78 is 10.7. The number of nitrogens with zero attached hydrogens (tertiary/aromatic N) is 2. The summed E-state index contributed by atoms with van der Waals surface area (Å²) in [6.45, 7) is 8.32. The molecule has 0 spiro atoms. The molecule has 2 atom stereocenters. The average Bonchev–Trinajstić information content (AvgIpc) is 3.44. The summed E-state index contributed by atoms with van der Waals surface area (Å²) in [5.74, 6) is 3.27. The third kappa shape index (κ3) is 5.98. The van der Waals surface area contributed by atoms with Gasteiger partial charge in [0.25, 0.3) is 0 Å². The van der Waals surface area contributed by atoms with E-state index in [0.29, 0.717) is 0 Å². The number of carbonyl (C=O) groups is 1. The summed E-state index contributed by atoms with van der Waals surface area (Å²) in [7, 11) is 1.68. The Kier molecular flexibility index (Phi) is 6.63. The number of likely N-dealkylation sites (tertiary alicyclic amines) is 1. The van der Waals surface area contributed by atoms with Crippen LogP contribution in [0, 0.1) is 17.8 Å². The Labute approximate surface area is 169 Å². The molecule has 1 saturated carbocycles. The first kappa shape index (κ1) is 20.7. The SMILES string of the molecule is COc1ccc(C=NCCC2CC2C2CCN(C(=O)OC(C)(C)C)CC2)cc1. The Bertz CT molecular complexity index is 670. The maximum Gasteiger partial charge on any atom is 0.410 e. The minimum absolute atomic E-state index is 0.161. The molecule has 0 radical (unpaired) electrons. The third-order valence-corrected chi connectivity index (χ3v) is 5.76. The number of hydrogen-bond donors (Lipinski definition) is 0. The maximum atomic E-state index is 12.2. The van der Waals surface area contributed by atoms with E-state index in [-0.39, 0.29) is 6.09 Å². The molecule has 154 valence electrons. The molecule has 28 heavy (non-hydrogen) atoms. The van der Waals surface area contributed by atoms with Gasteiger partial charge in [-0.2, -0.15) is 0 Å². The molecule has 0 aromatic heterocycles. The zero-order valence-electron chi connectivity index (χ0n) is 17.7. The molecular formula is C23H34N2O3. The van der Waals surface area contributed by atoms with Gasteiger partial charge in [-0.05, 0) is 94.0 Å². The molecule has 2 unspecified atom stereocenters. The molecule has 2 aliphatic rings. The van der Waals surface area contributed by atoms with Crippen molar-refractivity contribution in [1.29, 1.82) is 0 Å². The van der Waals surface area contributed by atoms with Crippen LogP contribution >= 0.6 is 0 Å². The summed E-state index contributed by atoms with van der Waals surface area (Å²) in [6.07, 6.45) is 6.51.